The Balaban J connectivity index is 1.95. The van der Waals surface area contributed by atoms with Gasteiger partial charge in [-0.25, -0.2) is 0 Å². The quantitative estimate of drug-likeness (QED) is 0.836. The average Bonchev–Trinajstić information content (AvgIpc) is 2.75. The van der Waals surface area contributed by atoms with E-state index in [-0.39, 0.29) is 0 Å². The summed E-state index contributed by atoms with van der Waals surface area (Å²) in [5.41, 5.74) is 2.03. The monoisotopic (exact) mass is 243 g/mol. The number of anilines is 1. The second-order valence-corrected chi connectivity index (χ2v) is 5.51. The summed E-state index contributed by atoms with van der Waals surface area (Å²) >= 11 is 1.78. The standard InChI is InChI=1S/C13H13N3S/c1-9-8-15-13(17-9)16-11-6-2-4-10-5-3-7-14-12(10)11/h2-7,9H,8H2,1H3,(H,15,16). The third-order valence-electron chi connectivity index (χ3n) is 2.68. The highest BCUT2D eigenvalue weighted by Gasteiger charge is 2.15. The Morgan fingerprint density at radius 1 is 1.29 bits per heavy atom. The lowest BCUT2D eigenvalue weighted by Crippen LogP contribution is -2.06. The van der Waals surface area contributed by atoms with Gasteiger partial charge in [-0.05, 0) is 12.1 Å². The third-order valence-corrected chi connectivity index (χ3v) is 3.68. The van der Waals surface area contributed by atoms with E-state index in [1.807, 2.05) is 24.4 Å². The number of aromatic nitrogens is 1. The van der Waals surface area contributed by atoms with Gasteiger partial charge in [0.25, 0.3) is 0 Å². The van der Waals surface area contributed by atoms with Crippen LogP contribution in [0.15, 0.2) is 41.5 Å². The molecule has 2 aromatic rings. The number of hydrogen-bond acceptors (Lipinski definition) is 4. The Bertz CT molecular complexity index is 574. The summed E-state index contributed by atoms with van der Waals surface area (Å²) in [5.74, 6) is 0. The Kier molecular flexibility index (Phi) is 2.73. The lowest BCUT2D eigenvalue weighted by atomic mass is 10.2. The van der Waals surface area contributed by atoms with Crippen LogP contribution in [-0.2, 0) is 0 Å². The van der Waals surface area contributed by atoms with E-state index in [1.165, 1.54) is 0 Å². The van der Waals surface area contributed by atoms with Crippen molar-refractivity contribution in [2.75, 3.05) is 11.9 Å². The van der Waals surface area contributed by atoms with E-state index < -0.39 is 0 Å². The maximum Gasteiger partial charge on any atom is 0.161 e. The molecule has 86 valence electrons. The highest BCUT2D eigenvalue weighted by atomic mass is 32.2. The van der Waals surface area contributed by atoms with Gasteiger partial charge in [0.1, 0.15) is 0 Å². The first-order chi connectivity index (χ1) is 8.33. The number of thioether (sulfide) groups is 1. The molecular formula is C13H13N3S. The van der Waals surface area contributed by atoms with E-state index in [0.29, 0.717) is 5.25 Å². The van der Waals surface area contributed by atoms with E-state index in [4.69, 9.17) is 0 Å². The first-order valence-corrected chi connectivity index (χ1v) is 6.53. The molecule has 0 spiro atoms. The molecule has 1 aromatic heterocycles. The molecule has 2 heterocycles. The summed E-state index contributed by atoms with van der Waals surface area (Å²) in [5, 5.41) is 6.08. The number of aliphatic imine (C=N–C) groups is 1. The molecule has 17 heavy (non-hydrogen) atoms. The Labute approximate surface area is 104 Å². The van der Waals surface area contributed by atoms with Crippen LogP contribution in [0.4, 0.5) is 5.69 Å². The minimum Gasteiger partial charge on any atom is -0.333 e. The molecule has 0 saturated heterocycles. The van der Waals surface area contributed by atoms with Crippen LogP contribution < -0.4 is 5.32 Å². The molecule has 0 fully saturated rings. The molecule has 0 bridgehead atoms. The van der Waals surface area contributed by atoms with Crippen molar-refractivity contribution in [2.24, 2.45) is 4.99 Å². The largest absolute Gasteiger partial charge is 0.333 e. The van der Waals surface area contributed by atoms with Crippen LogP contribution >= 0.6 is 11.8 Å². The van der Waals surface area contributed by atoms with Crippen molar-refractivity contribution in [1.29, 1.82) is 0 Å². The summed E-state index contributed by atoms with van der Waals surface area (Å²) in [7, 11) is 0. The van der Waals surface area contributed by atoms with Crippen molar-refractivity contribution in [3.63, 3.8) is 0 Å². The predicted octanol–water partition coefficient (Wildman–Crippen LogP) is 3.14. The van der Waals surface area contributed by atoms with Gasteiger partial charge >= 0.3 is 0 Å². The highest BCUT2D eigenvalue weighted by Crippen LogP contribution is 2.25. The number of para-hydroxylation sites is 1. The topological polar surface area (TPSA) is 37.3 Å². The van der Waals surface area contributed by atoms with Crippen molar-refractivity contribution >= 4 is 33.5 Å². The van der Waals surface area contributed by atoms with Gasteiger partial charge in [0, 0.05) is 16.8 Å². The van der Waals surface area contributed by atoms with Crippen molar-refractivity contribution in [2.45, 2.75) is 12.2 Å². The molecule has 0 amide bonds. The predicted molar refractivity (Wildman–Crippen MR) is 74.7 cm³/mol. The van der Waals surface area contributed by atoms with E-state index in [0.717, 1.165) is 28.3 Å². The second-order valence-electron chi connectivity index (χ2n) is 4.08. The zero-order chi connectivity index (χ0) is 11.7. The van der Waals surface area contributed by atoms with Gasteiger partial charge in [0.05, 0.1) is 17.7 Å². The SMILES string of the molecule is CC1CN=C(Nc2cccc3cccnc23)S1. The Morgan fingerprint density at radius 3 is 3.00 bits per heavy atom. The third kappa shape index (κ3) is 2.13. The fourth-order valence-electron chi connectivity index (χ4n) is 1.87. The fraction of sp³-hybridized carbons (Fsp3) is 0.231. The van der Waals surface area contributed by atoms with Crippen molar-refractivity contribution in [1.82, 2.24) is 4.98 Å². The Morgan fingerprint density at radius 2 is 2.18 bits per heavy atom. The number of amidine groups is 1. The number of nitrogens with zero attached hydrogens (tertiary/aromatic N) is 2. The molecule has 1 aromatic carbocycles. The van der Waals surface area contributed by atoms with Gasteiger partial charge in [0.15, 0.2) is 5.17 Å². The van der Waals surface area contributed by atoms with E-state index in [2.05, 4.69) is 34.3 Å². The molecular weight excluding hydrogens is 230 g/mol. The van der Waals surface area contributed by atoms with Crippen LogP contribution in [0.2, 0.25) is 0 Å². The van der Waals surface area contributed by atoms with Gasteiger partial charge in [-0.3, -0.25) is 9.98 Å². The summed E-state index contributed by atoms with van der Waals surface area (Å²) in [6.07, 6.45) is 1.82. The molecule has 3 nitrogen and oxygen atoms in total. The summed E-state index contributed by atoms with van der Waals surface area (Å²) in [6.45, 7) is 3.08. The fourth-order valence-corrected chi connectivity index (χ4v) is 2.71. The maximum atomic E-state index is 4.46. The van der Waals surface area contributed by atoms with Gasteiger partial charge in [-0.15, -0.1) is 0 Å². The summed E-state index contributed by atoms with van der Waals surface area (Å²) in [6, 6.07) is 10.2. The zero-order valence-electron chi connectivity index (χ0n) is 9.55. The van der Waals surface area contributed by atoms with Gasteiger partial charge in [-0.1, -0.05) is 36.9 Å². The van der Waals surface area contributed by atoms with Gasteiger partial charge in [0.2, 0.25) is 0 Å². The number of fused-ring (bicyclic) bond motifs is 1. The minimum absolute atomic E-state index is 0.570. The first-order valence-electron chi connectivity index (χ1n) is 5.65. The van der Waals surface area contributed by atoms with Crippen LogP contribution in [0.25, 0.3) is 10.9 Å². The Hall–Kier alpha value is -1.55. The second kappa shape index (κ2) is 4.37. The van der Waals surface area contributed by atoms with Crippen LogP contribution in [0.1, 0.15) is 6.92 Å². The van der Waals surface area contributed by atoms with E-state index in [1.54, 1.807) is 11.8 Å². The van der Waals surface area contributed by atoms with Crippen molar-refractivity contribution < 1.29 is 0 Å². The van der Waals surface area contributed by atoms with Crippen LogP contribution in [0.3, 0.4) is 0 Å². The smallest absolute Gasteiger partial charge is 0.161 e. The number of hydrogen-bond donors (Lipinski definition) is 1. The molecule has 1 aliphatic heterocycles. The van der Waals surface area contributed by atoms with Crippen molar-refractivity contribution in [3.05, 3.63) is 36.5 Å². The van der Waals surface area contributed by atoms with Gasteiger partial charge < -0.3 is 5.32 Å². The van der Waals surface area contributed by atoms with Crippen LogP contribution in [0, 0.1) is 0 Å². The number of rotatable bonds is 1. The molecule has 1 unspecified atom stereocenters. The summed E-state index contributed by atoms with van der Waals surface area (Å²) < 4.78 is 0. The van der Waals surface area contributed by atoms with Gasteiger partial charge in [-0.2, -0.15) is 0 Å². The zero-order valence-corrected chi connectivity index (χ0v) is 10.4. The minimum atomic E-state index is 0.570. The number of pyridine rings is 1. The summed E-state index contributed by atoms with van der Waals surface area (Å²) in [4.78, 5) is 8.88. The highest BCUT2D eigenvalue weighted by molar-refractivity contribution is 8.15. The van der Waals surface area contributed by atoms with Crippen LogP contribution in [0.5, 0.6) is 0 Å². The maximum absolute atomic E-state index is 4.46. The molecule has 1 atom stereocenters. The molecule has 1 N–H and O–H groups in total. The average molecular weight is 243 g/mol. The lowest BCUT2D eigenvalue weighted by Gasteiger charge is -2.08. The normalized spacial score (nSPS) is 19.4. The molecule has 4 heteroatoms. The molecule has 1 aliphatic rings. The van der Waals surface area contributed by atoms with E-state index in [9.17, 15) is 0 Å². The number of benzene rings is 1. The molecule has 0 radical (unpaired) electrons. The number of nitrogens with one attached hydrogen (secondary N) is 1. The first kappa shape index (κ1) is 10.6. The molecule has 3 rings (SSSR count). The molecule has 0 aliphatic carbocycles. The van der Waals surface area contributed by atoms with Crippen LogP contribution in [-0.4, -0.2) is 21.9 Å². The lowest BCUT2D eigenvalue weighted by molar-refractivity contribution is 0.976. The van der Waals surface area contributed by atoms with Crippen molar-refractivity contribution in [3.8, 4) is 0 Å². The molecule has 0 saturated carbocycles. The van der Waals surface area contributed by atoms with E-state index >= 15 is 0 Å².